The molecule has 1 fully saturated rings. The number of halogens is 3. The maximum absolute atomic E-state index is 13.5. The van der Waals surface area contributed by atoms with E-state index in [4.69, 9.17) is 0 Å². The van der Waals surface area contributed by atoms with Gasteiger partial charge in [0, 0.05) is 16.5 Å². The molecule has 1 saturated carbocycles. The van der Waals surface area contributed by atoms with Crippen molar-refractivity contribution in [2.45, 2.75) is 56.0 Å². The molecule has 8 heteroatoms. The number of anilines is 1. The van der Waals surface area contributed by atoms with Crippen molar-refractivity contribution in [3.05, 3.63) is 40.4 Å². The molecule has 0 radical (unpaired) electrons. The SMILES string of the molecule is Cc1ccc(C(CC2CCCC2)C(=O)Nc2nccs2)c(S)c1C(F)(F)F. The van der Waals surface area contributed by atoms with Crippen LogP contribution in [-0.4, -0.2) is 10.9 Å². The summed E-state index contributed by atoms with van der Waals surface area (Å²) in [7, 11) is 0. The van der Waals surface area contributed by atoms with Crippen molar-refractivity contribution in [2.24, 2.45) is 5.92 Å². The summed E-state index contributed by atoms with van der Waals surface area (Å²) in [5.41, 5.74) is -0.324. The van der Waals surface area contributed by atoms with Crippen LogP contribution in [0.15, 0.2) is 28.6 Å². The number of aryl methyl sites for hydroxylation is 1. The molecule has 1 N–H and O–H groups in total. The number of alkyl halides is 3. The summed E-state index contributed by atoms with van der Waals surface area (Å²) in [6, 6.07) is 3.03. The van der Waals surface area contributed by atoms with E-state index in [0.717, 1.165) is 25.7 Å². The van der Waals surface area contributed by atoms with E-state index in [1.807, 2.05) is 0 Å². The molecule has 1 unspecified atom stereocenters. The largest absolute Gasteiger partial charge is 0.417 e. The molecule has 27 heavy (non-hydrogen) atoms. The van der Waals surface area contributed by atoms with Crippen molar-refractivity contribution in [2.75, 3.05) is 5.32 Å². The fraction of sp³-hybridized carbons (Fsp3) is 0.474. The predicted octanol–water partition coefficient (Wildman–Crippen LogP) is 6.06. The number of hydrogen-bond acceptors (Lipinski definition) is 4. The molecular formula is C19H21F3N2OS2. The van der Waals surface area contributed by atoms with E-state index >= 15 is 0 Å². The average molecular weight is 415 g/mol. The van der Waals surface area contributed by atoms with Gasteiger partial charge in [0.25, 0.3) is 0 Å². The Kier molecular flexibility index (Phi) is 6.15. The number of thiol groups is 1. The maximum Gasteiger partial charge on any atom is 0.417 e. The summed E-state index contributed by atoms with van der Waals surface area (Å²) in [5, 5.41) is 4.93. The summed E-state index contributed by atoms with van der Waals surface area (Å²) < 4.78 is 40.5. The van der Waals surface area contributed by atoms with Crippen molar-refractivity contribution in [3.63, 3.8) is 0 Å². The minimum atomic E-state index is -4.51. The number of nitrogens with zero attached hydrogens (tertiary/aromatic N) is 1. The van der Waals surface area contributed by atoms with Gasteiger partial charge in [0.15, 0.2) is 5.13 Å². The Hall–Kier alpha value is -1.54. The van der Waals surface area contributed by atoms with Crippen LogP contribution in [0.1, 0.15) is 54.7 Å². The average Bonchev–Trinajstić information content (AvgIpc) is 3.25. The Morgan fingerprint density at radius 2 is 2.07 bits per heavy atom. The third-order valence-corrected chi connectivity index (χ3v) is 6.27. The number of benzene rings is 1. The number of carbonyl (C=O) groups is 1. The van der Waals surface area contributed by atoms with Crippen LogP contribution in [0.5, 0.6) is 0 Å². The van der Waals surface area contributed by atoms with Gasteiger partial charge in [-0.15, -0.1) is 24.0 Å². The van der Waals surface area contributed by atoms with Crippen molar-refractivity contribution < 1.29 is 18.0 Å². The lowest BCUT2D eigenvalue weighted by Gasteiger charge is -2.24. The van der Waals surface area contributed by atoms with Gasteiger partial charge in [-0.1, -0.05) is 37.8 Å². The van der Waals surface area contributed by atoms with Gasteiger partial charge >= 0.3 is 6.18 Å². The number of thiazole rings is 1. The van der Waals surface area contributed by atoms with Gasteiger partial charge in [0.2, 0.25) is 5.91 Å². The highest BCUT2D eigenvalue weighted by molar-refractivity contribution is 7.80. The van der Waals surface area contributed by atoms with Crippen LogP contribution in [0, 0.1) is 12.8 Å². The highest BCUT2D eigenvalue weighted by atomic mass is 32.1. The molecule has 1 atom stereocenters. The first-order valence-electron chi connectivity index (χ1n) is 8.87. The Bertz CT molecular complexity index is 800. The summed E-state index contributed by atoms with van der Waals surface area (Å²) in [5.74, 6) is -0.684. The third-order valence-electron chi connectivity index (χ3n) is 5.10. The summed E-state index contributed by atoms with van der Waals surface area (Å²) in [6.07, 6.45) is 1.78. The van der Waals surface area contributed by atoms with Crippen molar-refractivity contribution in [3.8, 4) is 0 Å². The number of amides is 1. The third kappa shape index (κ3) is 4.66. The van der Waals surface area contributed by atoms with E-state index in [0.29, 0.717) is 23.0 Å². The summed E-state index contributed by atoms with van der Waals surface area (Å²) in [6.45, 7) is 1.41. The Morgan fingerprint density at radius 1 is 1.37 bits per heavy atom. The summed E-state index contributed by atoms with van der Waals surface area (Å²) in [4.78, 5) is 16.8. The van der Waals surface area contributed by atoms with E-state index in [9.17, 15) is 18.0 Å². The first kappa shape index (κ1) is 20.2. The maximum atomic E-state index is 13.5. The second kappa shape index (κ2) is 8.22. The lowest BCUT2D eigenvalue weighted by molar-refractivity contribution is -0.140. The number of hydrogen-bond donors (Lipinski definition) is 2. The monoisotopic (exact) mass is 414 g/mol. The molecule has 1 aromatic heterocycles. The molecule has 1 heterocycles. The van der Waals surface area contributed by atoms with Gasteiger partial charge in [0.1, 0.15) is 0 Å². The number of aromatic nitrogens is 1. The topological polar surface area (TPSA) is 42.0 Å². The standard InChI is InChI=1S/C19H21F3N2OS2/c1-11-6-7-13(16(26)15(11)19(20,21)22)14(10-12-4-2-3-5-12)17(25)24-18-23-8-9-27-18/h6-9,12,14,26H,2-5,10H2,1H3,(H,23,24,25). The number of carbonyl (C=O) groups excluding carboxylic acids is 1. The predicted molar refractivity (Wildman–Crippen MR) is 103 cm³/mol. The molecule has 1 amide bonds. The molecule has 1 aliphatic carbocycles. The van der Waals surface area contributed by atoms with Gasteiger partial charge < -0.3 is 5.32 Å². The second-order valence-corrected chi connectivity index (χ2v) is 8.30. The lowest BCUT2D eigenvalue weighted by atomic mass is 9.85. The fourth-order valence-electron chi connectivity index (χ4n) is 3.78. The number of nitrogens with one attached hydrogen (secondary N) is 1. The van der Waals surface area contributed by atoms with Crippen LogP contribution in [-0.2, 0) is 11.0 Å². The molecule has 0 aliphatic heterocycles. The summed E-state index contributed by atoms with van der Waals surface area (Å²) >= 11 is 5.48. The van der Waals surface area contributed by atoms with E-state index in [1.54, 1.807) is 17.6 Å². The molecule has 3 rings (SSSR count). The van der Waals surface area contributed by atoms with Gasteiger partial charge in [-0.3, -0.25) is 4.79 Å². The van der Waals surface area contributed by atoms with Crippen molar-refractivity contribution >= 4 is 35.0 Å². The molecule has 0 spiro atoms. The molecule has 1 aromatic carbocycles. The zero-order valence-corrected chi connectivity index (χ0v) is 16.6. The smallest absolute Gasteiger partial charge is 0.301 e. The Balaban J connectivity index is 1.97. The second-order valence-electron chi connectivity index (χ2n) is 6.96. The van der Waals surface area contributed by atoms with Crippen LogP contribution < -0.4 is 5.32 Å². The van der Waals surface area contributed by atoms with Gasteiger partial charge in [-0.05, 0) is 30.4 Å². The van der Waals surface area contributed by atoms with E-state index in [2.05, 4.69) is 22.9 Å². The zero-order chi connectivity index (χ0) is 19.6. The lowest BCUT2D eigenvalue weighted by Crippen LogP contribution is -2.24. The molecule has 146 valence electrons. The molecule has 1 aliphatic rings. The highest BCUT2D eigenvalue weighted by Gasteiger charge is 2.37. The molecule has 2 aromatic rings. The van der Waals surface area contributed by atoms with E-state index < -0.39 is 17.7 Å². The van der Waals surface area contributed by atoms with E-state index in [1.165, 1.54) is 24.3 Å². The zero-order valence-electron chi connectivity index (χ0n) is 14.8. The molecule has 0 bridgehead atoms. The van der Waals surface area contributed by atoms with Crippen LogP contribution >= 0.6 is 24.0 Å². The van der Waals surface area contributed by atoms with Crippen LogP contribution in [0.25, 0.3) is 0 Å². The molecule has 0 saturated heterocycles. The normalized spacial score (nSPS) is 16.5. The van der Waals surface area contributed by atoms with Crippen LogP contribution in [0.4, 0.5) is 18.3 Å². The van der Waals surface area contributed by atoms with Crippen molar-refractivity contribution in [1.29, 1.82) is 0 Å². The molecule has 3 nitrogen and oxygen atoms in total. The van der Waals surface area contributed by atoms with Crippen LogP contribution in [0.3, 0.4) is 0 Å². The Morgan fingerprint density at radius 3 is 2.67 bits per heavy atom. The van der Waals surface area contributed by atoms with Gasteiger partial charge in [0.05, 0.1) is 11.5 Å². The first-order valence-corrected chi connectivity index (χ1v) is 10.2. The Labute approximate surface area is 165 Å². The van der Waals surface area contributed by atoms with Crippen molar-refractivity contribution in [1.82, 2.24) is 4.98 Å². The minimum absolute atomic E-state index is 0.108. The van der Waals surface area contributed by atoms with E-state index in [-0.39, 0.29) is 16.4 Å². The quantitative estimate of drug-likeness (QED) is 0.584. The van der Waals surface area contributed by atoms with Gasteiger partial charge in [-0.25, -0.2) is 4.98 Å². The molecular weight excluding hydrogens is 393 g/mol. The fourth-order valence-corrected chi connectivity index (χ4v) is 4.84. The first-order chi connectivity index (χ1) is 12.8. The van der Waals surface area contributed by atoms with Crippen LogP contribution in [0.2, 0.25) is 0 Å². The van der Waals surface area contributed by atoms with Gasteiger partial charge in [-0.2, -0.15) is 13.2 Å². The minimum Gasteiger partial charge on any atom is -0.301 e. The highest BCUT2D eigenvalue weighted by Crippen LogP contribution is 2.42. The number of rotatable bonds is 5.